The molecule has 0 spiro atoms. The Kier molecular flexibility index (Phi) is 6.36. The molecule has 4 rings (SSSR count). The molecule has 0 aliphatic carbocycles. The summed E-state index contributed by atoms with van der Waals surface area (Å²) in [4.78, 5) is 33.3. The average Bonchev–Trinajstić information content (AvgIpc) is 3.25. The molecule has 0 saturated carbocycles. The van der Waals surface area contributed by atoms with Gasteiger partial charge >= 0.3 is 6.03 Å². The molecule has 0 bridgehead atoms. The van der Waals surface area contributed by atoms with Crippen molar-refractivity contribution in [1.82, 2.24) is 14.8 Å². The standard InChI is InChI=1S/C23H28N4O4/c1-16-5-6-18(14-17(16)2)25-23(29)27-9-7-19(15-27)31-21-20(4-3-8-24-21)22(28)26-10-12-30-13-11-26/h3-6,8,14,19H,7,9-13,15H2,1-2H3,(H,25,29). The molecule has 2 aliphatic rings. The first-order valence-electron chi connectivity index (χ1n) is 10.6. The van der Waals surface area contributed by atoms with Gasteiger partial charge in [-0.1, -0.05) is 6.07 Å². The first-order valence-corrected chi connectivity index (χ1v) is 10.6. The first kappa shape index (κ1) is 21.1. The summed E-state index contributed by atoms with van der Waals surface area (Å²) in [6, 6.07) is 9.18. The number of aryl methyl sites for hydroxylation is 2. The summed E-state index contributed by atoms with van der Waals surface area (Å²) >= 11 is 0. The molecule has 1 aromatic heterocycles. The van der Waals surface area contributed by atoms with E-state index in [1.807, 2.05) is 32.0 Å². The summed E-state index contributed by atoms with van der Waals surface area (Å²) < 4.78 is 11.4. The van der Waals surface area contributed by atoms with Gasteiger partial charge in [0.25, 0.3) is 5.91 Å². The number of nitrogens with one attached hydrogen (secondary N) is 1. The van der Waals surface area contributed by atoms with Gasteiger partial charge in [0.2, 0.25) is 5.88 Å². The van der Waals surface area contributed by atoms with Gasteiger partial charge in [-0.2, -0.15) is 0 Å². The third-order valence-corrected chi connectivity index (χ3v) is 5.77. The van der Waals surface area contributed by atoms with Gasteiger partial charge in [0.05, 0.1) is 19.8 Å². The predicted molar refractivity (Wildman–Crippen MR) is 117 cm³/mol. The van der Waals surface area contributed by atoms with E-state index >= 15 is 0 Å². The highest BCUT2D eigenvalue weighted by atomic mass is 16.5. The Hall–Kier alpha value is -3.13. The summed E-state index contributed by atoms with van der Waals surface area (Å²) in [5, 5.41) is 2.95. The molecule has 0 radical (unpaired) electrons. The minimum absolute atomic E-state index is 0.103. The van der Waals surface area contributed by atoms with Crippen LogP contribution in [0.2, 0.25) is 0 Å². The van der Waals surface area contributed by atoms with Crippen molar-refractivity contribution in [1.29, 1.82) is 0 Å². The number of hydrogen-bond acceptors (Lipinski definition) is 5. The number of anilines is 1. The van der Waals surface area contributed by atoms with E-state index < -0.39 is 0 Å². The molecule has 2 fully saturated rings. The van der Waals surface area contributed by atoms with Gasteiger partial charge in [-0.15, -0.1) is 0 Å². The minimum atomic E-state index is -0.211. The van der Waals surface area contributed by atoms with E-state index in [1.165, 1.54) is 5.56 Å². The van der Waals surface area contributed by atoms with E-state index in [9.17, 15) is 9.59 Å². The van der Waals surface area contributed by atoms with Gasteiger partial charge in [0.15, 0.2) is 0 Å². The van der Waals surface area contributed by atoms with Crippen LogP contribution in [-0.4, -0.2) is 72.2 Å². The highest BCUT2D eigenvalue weighted by Gasteiger charge is 2.30. The molecule has 1 aromatic carbocycles. The van der Waals surface area contributed by atoms with Crippen LogP contribution in [0.3, 0.4) is 0 Å². The molecule has 1 N–H and O–H groups in total. The maximum atomic E-state index is 12.9. The van der Waals surface area contributed by atoms with Crippen LogP contribution in [0.15, 0.2) is 36.5 Å². The van der Waals surface area contributed by atoms with Crippen LogP contribution in [-0.2, 0) is 4.74 Å². The largest absolute Gasteiger partial charge is 0.472 e. The monoisotopic (exact) mass is 424 g/mol. The maximum Gasteiger partial charge on any atom is 0.321 e. The Balaban J connectivity index is 1.37. The lowest BCUT2D eigenvalue weighted by molar-refractivity contribution is 0.0298. The van der Waals surface area contributed by atoms with E-state index in [0.717, 1.165) is 11.3 Å². The van der Waals surface area contributed by atoms with Gasteiger partial charge in [0, 0.05) is 37.9 Å². The van der Waals surface area contributed by atoms with Crippen molar-refractivity contribution in [3.05, 3.63) is 53.2 Å². The summed E-state index contributed by atoms with van der Waals surface area (Å²) in [5.74, 6) is 0.217. The molecule has 2 aromatic rings. The molecular weight excluding hydrogens is 396 g/mol. The number of hydrogen-bond donors (Lipinski definition) is 1. The Morgan fingerprint density at radius 2 is 1.90 bits per heavy atom. The summed E-state index contributed by atoms with van der Waals surface area (Å²) in [5.41, 5.74) is 3.54. The number of rotatable bonds is 4. The van der Waals surface area contributed by atoms with Crippen LogP contribution in [0, 0.1) is 13.8 Å². The number of ether oxygens (including phenoxy) is 2. The molecule has 8 nitrogen and oxygen atoms in total. The number of nitrogens with zero attached hydrogens (tertiary/aromatic N) is 3. The zero-order valence-corrected chi connectivity index (χ0v) is 18.0. The van der Waals surface area contributed by atoms with E-state index in [-0.39, 0.29) is 18.0 Å². The number of likely N-dealkylation sites (tertiary alicyclic amines) is 1. The second kappa shape index (κ2) is 9.34. The van der Waals surface area contributed by atoms with Crippen LogP contribution in [0.25, 0.3) is 0 Å². The second-order valence-electron chi connectivity index (χ2n) is 7.96. The van der Waals surface area contributed by atoms with Crippen molar-refractivity contribution in [2.75, 3.05) is 44.7 Å². The molecule has 1 atom stereocenters. The Morgan fingerprint density at radius 1 is 1.10 bits per heavy atom. The first-order chi connectivity index (χ1) is 15.0. The Morgan fingerprint density at radius 3 is 2.68 bits per heavy atom. The number of benzene rings is 1. The van der Waals surface area contributed by atoms with Crippen LogP contribution < -0.4 is 10.1 Å². The molecule has 2 saturated heterocycles. The van der Waals surface area contributed by atoms with Crippen LogP contribution in [0.4, 0.5) is 10.5 Å². The van der Waals surface area contributed by atoms with Gasteiger partial charge in [0.1, 0.15) is 11.7 Å². The zero-order chi connectivity index (χ0) is 21.8. The third kappa shape index (κ3) is 4.96. The highest BCUT2D eigenvalue weighted by molar-refractivity contribution is 5.96. The Bertz CT molecular complexity index is 958. The van der Waals surface area contributed by atoms with Crippen LogP contribution in [0.1, 0.15) is 27.9 Å². The number of morpholine rings is 1. The lowest BCUT2D eigenvalue weighted by Crippen LogP contribution is -2.41. The number of carbonyl (C=O) groups excluding carboxylic acids is 2. The average molecular weight is 425 g/mol. The fourth-order valence-electron chi connectivity index (χ4n) is 3.77. The van der Waals surface area contributed by atoms with Crippen molar-refractivity contribution in [3.8, 4) is 5.88 Å². The van der Waals surface area contributed by atoms with Crippen molar-refractivity contribution in [3.63, 3.8) is 0 Å². The van der Waals surface area contributed by atoms with Crippen molar-refractivity contribution >= 4 is 17.6 Å². The van der Waals surface area contributed by atoms with Gasteiger partial charge in [-0.25, -0.2) is 9.78 Å². The third-order valence-electron chi connectivity index (χ3n) is 5.77. The summed E-state index contributed by atoms with van der Waals surface area (Å²) in [7, 11) is 0. The highest BCUT2D eigenvalue weighted by Crippen LogP contribution is 2.23. The molecule has 31 heavy (non-hydrogen) atoms. The van der Waals surface area contributed by atoms with Crippen molar-refractivity contribution in [2.45, 2.75) is 26.4 Å². The number of aromatic nitrogens is 1. The zero-order valence-electron chi connectivity index (χ0n) is 18.0. The lowest BCUT2D eigenvalue weighted by atomic mass is 10.1. The quantitative estimate of drug-likeness (QED) is 0.816. The molecule has 3 heterocycles. The number of amides is 3. The maximum absolute atomic E-state index is 12.9. The van der Waals surface area contributed by atoms with Crippen molar-refractivity contribution in [2.24, 2.45) is 0 Å². The van der Waals surface area contributed by atoms with Crippen molar-refractivity contribution < 1.29 is 19.1 Å². The number of carbonyl (C=O) groups is 2. The topological polar surface area (TPSA) is 84.0 Å². The normalized spacial score (nSPS) is 18.7. The van der Waals surface area contributed by atoms with E-state index in [0.29, 0.717) is 57.3 Å². The summed E-state index contributed by atoms with van der Waals surface area (Å²) in [6.07, 6.45) is 2.09. The van der Waals surface area contributed by atoms with Crippen LogP contribution in [0.5, 0.6) is 5.88 Å². The van der Waals surface area contributed by atoms with Crippen LogP contribution >= 0.6 is 0 Å². The Labute approximate surface area is 182 Å². The van der Waals surface area contributed by atoms with E-state index in [4.69, 9.17) is 9.47 Å². The fourth-order valence-corrected chi connectivity index (χ4v) is 3.77. The molecule has 2 aliphatic heterocycles. The second-order valence-corrected chi connectivity index (χ2v) is 7.96. The lowest BCUT2D eigenvalue weighted by Gasteiger charge is -2.27. The van der Waals surface area contributed by atoms with Gasteiger partial charge in [-0.3, -0.25) is 4.79 Å². The minimum Gasteiger partial charge on any atom is -0.472 e. The van der Waals surface area contributed by atoms with E-state index in [1.54, 1.807) is 28.1 Å². The fraction of sp³-hybridized carbons (Fsp3) is 0.435. The molecule has 164 valence electrons. The molecule has 8 heteroatoms. The van der Waals surface area contributed by atoms with Gasteiger partial charge in [-0.05, 0) is 49.2 Å². The smallest absolute Gasteiger partial charge is 0.321 e. The predicted octanol–water partition coefficient (Wildman–Crippen LogP) is 2.86. The number of urea groups is 1. The molecule has 3 amide bonds. The van der Waals surface area contributed by atoms with Gasteiger partial charge < -0.3 is 24.6 Å². The number of pyridine rings is 1. The molecular formula is C23H28N4O4. The molecule has 1 unspecified atom stereocenters. The van der Waals surface area contributed by atoms with E-state index in [2.05, 4.69) is 10.3 Å². The summed E-state index contributed by atoms with van der Waals surface area (Å²) in [6.45, 7) is 7.28. The SMILES string of the molecule is Cc1ccc(NC(=O)N2CCC(Oc3ncccc3C(=O)N3CCOCC3)C2)cc1C.